The number of non-ortho nitro benzene ring substituents is 1. The number of thiocarbonyl (C=S) groups is 1. The van der Waals surface area contributed by atoms with Crippen LogP contribution in [0.2, 0.25) is 0 Å². The smallest absolute Gasteiger partial charge is 0.277 e. The number of hydrogen-bond acceptors (Lipinski definition) is 4. The lowest BCUT2D eigenvalue weighted by molar-refractivity contribution is -0.896. The van der Waals surface area contributed by atoms with Crippen molar-refractivity contribution in [1.82, 2.24) is 9.80 Å². The van der Waals surface area contributed by atoms with Crippen LogP contribution in [0, 0.1) is 22.0 Å². The molecule has 1 amide bonds. The molecule has 2 fully saturated rings. The van der Waals surface area contributed by atoms with E-state index >= 15 is 0 Å². The third-order valence-electron chi connectivity index (χ3n) is 5.71. The monoisotopic (exact) mass is 420 g/mol. The average Bonchev–Trinajstić information content (AvgIpc) is 2.68. The first-order valence-corrected chi connectivity index (χ1v) is 10.6. The van der Waals surface area contributed by atoms with Gasteiger partial charge in [-0.05, 0) is 42.6 Å². The van der Waals surface area contributed by atoms with Crippen molar-refractivity contribution in [2.45, 2.75) is 20.3 Å². The van der Waals surface area contributed by atoms with Crippen LogP contribution in [0.1, 0.15) is 20.3 Å². The highest BCUT2D eigenvalue weighted by Gasteiger charge is 2.29. The molecule has 9 heteroatoms. The van der Waals surface area contributed by atoms with Crippen LogP contribution in [0.3, 0.4) is 0 Å². The van der Waals surface area contributed by atoms with Crippen LogP contribution in [0.4, 0.5) is 11.4 Å². The van der Waals surface area contributed by atoms with Gasteiger partial charge in [-0.1, -0.05) is 13.8 Å². The summed E-state index contributed by atoms with van der Waals surface area (Å²) in [5.41, 5.74) is 0.791. The molecule has 8 nitrogen and oxygen atoms in total. The van der Waals surface area contributed by atoms with Crippen molar-refractivity contribution < 1.29 is 14.6 Å². The number of rotatable bonds is 4. The van der Waals surface area contributed by atoms with E-state index in [1.54, 1.807) is 12.1 Å². The first-order valence-electron chi connectivity index (χ1n) is 10.2. The second-order valence-corrected chi connectivity index (χ2v) is 8.78. The predicted molar refractivity (Wildman–Crippen MR) is 116 cm³/mol. The molecule has 2 aliphatic rings. The van der Waals surface area contributed by atoms with E-state index < -0.39 is 4.92 Å². The van der Waals surface area contributed by atoms with E-state index in [-0.39, 0.29) is 11.6 Å². The highest BCUT2D eigenvalue weighted by atomic mass is 32.1. The Morgan fingerprint density at radius 2 is 1.76 bits per heavy atom. The van der Waals surface area contributed by atoms with E-state index in [2.05, 4.69) is 24.1 Å². The summed E-state index contributed by atoms with van der Waals surface area (Å²) in [6, 6.07) is 6.23. The Kier molecular flexibility index (Phi) is 7.02. The van der Waals surface area contributed by atoms with Crippen LogP contribution in [-0.2, 0) is 4.79 Å². The summed E-state index contributed by atoms with van der Waals surface area (Å²) in [5, 5.41) is 14.5. The van der Waals surface area contributed by atoms with Crippen molar-refractivity contribution in [2.24, 2.45) is 11.8 Å². The molecule has 2 atom stereocenters. The molecule has 0 radical (unpaired) electrons. The Bertz CT molecular complexity index is 739. The van der Waals surface area contributed by atoms with Gasteiger partial charge >= 0.3 is 0 Å². The molecule has 2 saturated heterocycles. The molecule has 29 heavy (non-hydrogen) atoms. The van der Waals surface area contributed by atoms with Gasteiger partial charge in [-0.25, -0.2) is 0 Å². The Morgan fingerprint density at radius 3 is 2.31 bits per heavy atom. The molecule has 0 spiro atoms. The molecule has 0 aromatic heterocycles. The zero-order chi connectivity index (χ0) is 21.0. The van der Waals surface area contributed by atoms with Crippen molar-refractivity contribution in [3.8, 4) is 0 Å². The molecule has 3 rings (SSSR count). The minimum absolute atomic E-state index is 0.0563. The average molecular weight is 421 g/mol. The van der Waals surface area contributed by atoms with Gasteiger partial charge in [0.15, 0.2) is 11.7 Å². The third kappa shape index (κ3) is 5.86. The van der Waals surface area contributed by atoms with Gasteiger partial charge in [-0.15, -0.1) is 0 Å². The number of piperazine rings is 1. The number of anilines is 1. The molecule has 2 aliphatic heterocycles. The maximum atomic E-state index is 12.7. The molecule has 0 unspecified atom stereocenters. The number of piperidine rings is 1. The fourth-order valence-corrected chi connectivity index (χ4v) is 4.56. The lowest BCUT2D eigenvalue weighted by Crippen LogP contribution is -3.15. The first kappa shape index (κ1) is 21.4. The van der Waals surface area contributed by atoms with Gasteiger partial charge < -0.3 is 20.0 Å². The molecule has 2 heterocycles. The highest BCUT2D eigenvalue weighted by Crippen LogP contribution is 2.20. The Hall–Kier alpha value is -2.26. The minimum atomic E-state index is -0.420. The first-order chi connectivity index (χ1) is 13.8. The topological polar surface area (TPSA) is 83.2 Å². The Balaban J connectivity index is 1.44. The van der Waals surface area contributed by atoms with Gasteiger partial charge in [-0.2, -0.15) is 0 Å². The number of nitro benzene ring substituents is 1. The summed E-state index contributed by atoms with van der Waals surface area (Å²) in [7, 11) is 0. The number of carbonyl (C=O) groups excluding carboxylic acids is 1. The maximum Gasteiger partial charge on any atom is 0.277 e. The summed E-state index contributed by atoms with van der Waals surface area (Å²) in [4.78, 5) is 28.5. The fraction of sp³-hybridized carbons (Fsp3) is 0.600. The zero-order valence-electron chi connectivity index (χ0n) is 17.1. The number of nitrogens with one attached hydrogen (secondary N) is 2. The van der Waals surface area contributed by atoms with E-state index in [4.69, 9.17) is 12.2 Å². The molecule has 1 aromatic rings. The third-order valence-corrected chi connectivity index (χ3v) is 6.07. The molecule has 2 N–H and O–H groups in total. The minimum Gasteiger partial charge on any atom is -0.338 e. The number of amides is 1. The summed E-state index contributed by atoms with van der Waals surface area (Å²) in [6.45, 7) is 10.1. The van der Waals surface area contributed by atoms with Crippen molar-refractivity contribution in [2.75, 3.05) is 51.1 Å². The lowest BCUT2D eigenvalue weighted by atomic mass is 9.92. The van der Waals surface area contributed by atoms with Gasteiger partial charge in [0.2, 0.25) is 0 Å². The normalized spacial score (nSPS) is 23.0. The second-order valence-electron chi connectivity index (χ2n) is 8.39. The zero-order valence-corrected chi connectivity index (χ0v) is 17.9. The summed E-state index contributed by atoms with van der Waals surface area (Å²) in [5.74, 6) is 1.42. The van der Waals surface area contributed by atoms with Crippen molar-refractivity contribution in [1.29, 1.82) is 0 Å². The van der Waals surface area contributed by atoms with Crippen molar-refractivity contribution >= 4 is 34.6 Å². The van der Waals surface area contributed by atoms with Gasteiger partial charge in [0.25, 0.3) is 11.6 Å². The van der Waals surface area contributed by atoms with Crippen molar-refractivity contribution in [3.05, 3.63) is 34.4 Å². The van der Waals surface area contributed by atoms with E-state index in [0.29, 0.717) is 23.5 Å². The van der Waals surface area contributed by atoms with Crippen LogP contribution in [0.5, 0.6) is 0 Å². The predicted octanol–water partition coefficient (Wildman–Crippen LogP) is 0.997. The number of nitro groups is 1. The SMILES string of the molecule is C[C@@H]1C[C@@H](C)CN(C(=O)C[NH+]2CCN(C(=S)Nc3ccc([N+](=O)[O-])cc3)CC2)C1. The largest absolute Gasteiger partial charge is 0.338 e. The Labute approximate surface area is 177 Å². The number of nitrogens with zero attached hydrogens (tertiary/aromatic N) is 3. The van der Waals surface area contributed by atoms with Gasteiger partial charge in [0.1, 0.15) is 0 Å². The molecule has 0 saturated carbocycles. The number of carbonyl (C=O) groups is 1. The summed E-state index contributed by atoms with van der Waals surface area (Å²) < 4.78 is 0. The van der Waals surface area contributed by atoms with Crippen molar-refractivity contribution in [3.63, 3.8) is 0 Å². The van der Waals surface area contributed by atoms with Crippen LogP contribution in [-0.4, -0.2) is 71.6 Å². The second kappa shape index (κ2) is 9.49. The van der Waals surface area contributed by atoms with Gasteiger partial charge in [0.05, 0.1) is 31.1 Å². The molecular formula is C20H30N5O3S+. The van der Waals surface area contributed by atoms with Gasteiger partial charge in [0, 0.05) is 30.9 Å². The number of hydrogen-bond donors (Lipinski definition) is 2. The molecule has 0 bridgehead atoms. The number of quaternary nitrogens is 1. The van der Waals surface area contributed by atoms with E-state index in [1.807, 2.05) is 4.90 Å². The summed E-state index contributed by atoms with van der Waals surface area (Å²) >= 11 is 5.49. The standard InChI is InChI=1S/C20H29N5O3S/c1-15-11-16(2)13-24(12-15)19(26)14-22-7-9-23(10-8-22)20(29)21-17-3-5-18(6-4-17)25(27)28/h3-6,15-16H,7-14H2,1-2H3,(H,21,29)/p+1/t15-,16-/m1/s1. The van der Waals surface area contributed by atoms with Gasteiger partial charge in [-0.3, -0.25) is 14.9 Å². The lowest BCUT2D eigenvalue weighted by Gasteiger charge is -2.37. The highest BCUT2D eigenvalue weighted by molar-refractivity contribution is 7.80. The molecule has 1 aromatic carbocycles. The number of likely N-dealkylation sites (tertiary alicyclic amines) is 1. The van der Waals surface area contributed by atoms with Crippen LogP contribution in [0.25, 0.3) is 0 Å². The number of benzene rings is 1. The maximum absolute atomic E-state index is 12.7. The van der Waals surface area contributed by atoms with E-state index in [0.717, 1.165) is 45.0 Å². The summed E-state index contributed by atoms with van der Waals surface area (Å²) in [6.07, 6.45) is 1.20. The molecular weight excluding hydrogens is 390 g/mol. The van der Waals surface area contributed by atoms with Crippen LogP contribution < -0.4 is 10.2 Å². The quantitative estimate of drug-likeness (QED) is 0.430. The fourth-order valence-electron chi connectivity index (χ4n) is 4.26. The van der Waals surface area contributed by atoms with Crippen LogP contribution >= 0.6 is 12.2 Å². The van der Waals surface area contributed by atoms with E-state index in [1.165, 1.54) is 23.5 Å². The van der Waals surface area contributed by atoms with E-state index in [9.17, 15) is 14.9 Å². The molecule has 0 aliphatic carbocycles. The van der Waals surface area contributed by atoms with Crippen LogP contribution in [0.15, 0.2) is 24.3 Å². The molecule has 158 valence electrons. The Morgan fingerprint density at radius 1 is 1.17 bits per heavy atom.